The van der Waals surface area contributed by atoms with Crippen LogP contribution in [0.2, 0.25) is 0 Å². The van der Waals surface area contributed by atoms with Crippen molar-refractivity contribution in [3.63, 3.8) is 0 Å². The number of aryl methyl sites for hydroxylation is 1. The summed E-state index contributed by atoms with van der Waals surface area (Å²) in [6.45, 7) is 1.16. The van der Waals surface area contributed by atoms with E-state index in [2.05, 4.69) is 25.4 Å². The molecule has 16 heteroatoms. The zero-order chi connectivity index (χ0) is 29.3. The lowest BCUT2D eigenvalue weighted by Crippen LogP contribution is -2.47. The van der Waals surface area contributed by atoms with Gasteiger partial charge < -0.3 is 28.9 Å². The molecule has 3 heterocycles. The summed E-state index contributed by atoms with van der Waals surface area (Å²) in [5, 5.41) is 16.4. The quantitative estimate of drug-likeness (QED) is 0.220. The first-order chi connectivity index (χ1) is 18.8. The summed E-state index contributed by atoms with van der Waals surface area (Å²) in [4.78, 5) is 25.0. The number of carbonyl (C=O) groups excluding carboxylic acids is 1. The molecule has 0 radical (unpaired) electrons. The molecule has 12 nitrogen and oxygen atoms in total. The standard InChI is InChI=1S/C24H31F2N6O6PS/c1-6-35-20(33)14(2)31-39(40,38-16-10-8-7-9-11-16)36-12-24(26)21(34)23(4,25)22(37-24)32-13-28-17-18(27-5)29-15(3)30-19(17)32/h7-11,13-14,21-22,34H,6,12H2,1-5H3,(H,31,40)(H,27,29,30)/t14-,21-,22+,23+,24+,39?/m0/s1. The Labute approximate surface area is 234 Å². The van der Waals surface area contributed by atoms with Gasteiger partial charge in [0.25, 0.3) is 5.85 Å². The fourth-order valence-corrected chi connectivity index (χ4v) is 6.57. The van der Waals surface area contributed by atoms with Gasteiger partial charge in [-0.25, -0.2) is 28.8 Å². The number of alkyl halides is 2. The van der Waals surface area contributed by atoms with E-state index in [1.807, 2.05) is 0 Å². The number of para-hydroxylation sites is 1. The average Bonchev–Trinajstić information content (AvgIpc) is 3.40. The third-order valence-electron chi connectivity index (χ3n) is 6.15. The number of aliphatic hydroxyl groups excluding tert-OH is 1. The Morgan fingerprint density at radius 1 is 1.32 bits per heavy atom. The van der Waals surface area contributed by atoms with E-state index >= 15 is 8.78 Å². The Morgan fingerprint density at radius 2 is 2.02 bits per heavy atom. The second-order valence-corrected chi connectivity index (χ2v) is 12.4. The van der Waals surface area contributed by atoms with Crippen molar-refractivity contribution in [1.82, 2.24) is 24.6 Å². The summed E-state index contributed by atoms with van der Waals surface area (Å²) >= 11 is 5.57. The molecule has 40 heavy (non-hydrogen) atoms. The first-order valence-electron chi connectivity index (χ1n) is 12.4. The maximum Gasteiger partial charge on any atom is 0.323 e. The highest BCUT2D eigenvalue weighted by molar-refractivity contribution is 8.09. The smallest absolute Gasteiger partial charge is 0.323 e. The number of benzene rings is 1. The van der Waals surface area contributed by atoms with E-state index in [-0.39, 0.29) is 18.0 Å². The number of aromatic nitrogens is 4. The Kier molecular flexibility index (Phi) is 8.74. The number of carbonyl (C=O) groups is 1. The van der Waals surface area contributed by atoms with Crippen molar-refractivity contribution in [2.45, 2.75) is 57.6 Å². The number of hydrogen-bond acceptors (Lipinski definition) is 11. The molecule has 1 unspecified atom stereocenters. The summed E-state index contributed by atoms with van der Waals surface area (Å²) in [5.41, 5.74) is -2.18. The van der Waals surface area contributed by atoms with E-state index < -0.39 is 49.1 Å². The number of anilines is 1. The number of rotatable bonds is 11. The van der Waals surface area contributed by atoms with E-state index in [1.165, 1.54) is 17.8 Å². The number of esters is 1. The van der Waals surface area contributed by atoms with E-state index in [9.17, 15) is 9.90 Å². The van der Waals surface area contributed by atoms with Crippen molar-refractivity contribution in [3.8, 4) is 5.75 Å². The minimum Gasteiger partial charge on any atom is -0.465 e. The molecule has 1 aliphatic heterocycles. The van der Waals surface area contributed by atoms with Crippen molar-refractivity contribution in [2.75, 3.05) is 25.6 Å². The molecule has 0 amide bonds. The third kappa shape index (κ3) is 5.94. The molecule has 0 bridgehead atoms. The van der Waals surface area contributed by atoms with Gasteiger partial charge in [-0.05, 0) is 51.6 Å². The molecule has 1 fully saturated rings. The molecule has 1 saturated heterocycles. The summed E-state index contributed by atoms with van der Waals surface area (Å²) in [6.07, 6.45) is -2.76. The molecule has 1 aromatic carbocycles. The van der Waals surface area contributed by atoms with Gasteiger partial charge in [0.05, 0.1) is 12.9 Å². The van der Waals surface area contributed by atoms with Gasteiger partial charge in [-0.3, -0.25) is 9.36 Å². The van der Waals surface area contributed by atoms with Crippen molar-refractivity contribution < 1.29 is 37.2 Å². The lowest BCUT2D eigenvalue weighted by Gasteiger charge is -2.30. The lowest BCUT2D eigenvalue weighted by molar-refractivity contribution is -0.202. The van der Waals surface area contributed by atoms with Gasteiger partial charge in [-0.15, -0.1) is 0 Å². The lowest BCUT2D eigenvalue weighted by atomic mass is 9.97. The number of ether oxygens (including phenoxy) is 2. The number of hydrogen-bond donors (Lipinski definition) is 3. The van der Waals surface area contributed by atoms with Crippen LogP contribution in [0.15, 0.2) is 36.7 Å². The monoisotopic (exact) mass is 600 g/mol. The zero-order valence-electron chi connectivity index (χ0n) is 22.5. The molecule has 6 atom stereocenters. The van der Waals surface area contributed by atoms with Crippen LogP contribution in [0, 0.1) is 6.92 Å². The summed E-state index contributed by atoms with van der Waals surface area (Å²) in [7, 11) is 1.64. The van der Waals surface area contributed by atoms with Gasteiger partial charge >= 0.3 is 12.6 Å². The highest BCUT2D eigenvalue weighted by atomic mass is 32.5. The minimum absolute atomic E-state index is 0.126. The molecule has 0 spiro atoms. The van der Waals surface area contributed by atoms with Crippen LogP contribution in [-0.2, 0) is 30.6 Å². The van der Waals surface area contributed by atoms with Gasteiger partial charge in [0.1, 0.15) is 24.2 Å². The Balaban J connectivity index is 1.61. The normalized spacial score (nSPS) is 26.8. The predicted molar refractivity (Wildman–Crippen MR) is 146 cm³/mol. The molecule has 0 aliphatic carbocycles. The summed E-state index contributed by atoms with van der Waals surface area (Å²) in [5.74, 6) is -2.68. The summed E-state index contributed by atoms with van der Waals surface area (Å²) < 4.78 is 55.5. The van der Waals surface area contributed by atoms with E-state index in [4.69, 9.17) is 30.3 Å². The number of nitrogens with zero attached hydrogens (tertiary/aromatic N) is 4. The maximum atomic E-state index is 16.2. The third-order valence-corrected chi connectivity index (χ3v) is 8.63. The molecule has 3 N–H and O–H groups in total. The Bertz CT molecular complexity index is 1420. The molecule has 2 aromatic heterocycles. The molecule has 1 aliphatic rings. The number of halogens is 2. The number of fused-ring (bicyclic) bond motifs is 1. The van der Waals surface area contributed by atoms with Gasteiger partial charge in [0.2, 0.25) is 0 Å². The van der Waals surface area contributed by atoms with Crippen molar-refractivity contribution in [2.24, 2.45) is 0 Å². The molecule has 3 aromatic rings. The summed E-state index contributed by atoms with van der Waals surface area (Å²) in [6, 6.07) is 7.32. The van der Waals surface area contributed by atoms with Crippen LogP contribution in [0.3, 0.4) is 0 Å². The van der Waals surface area contributed by atoms with Gasteiger partial charge in [0, 0.05) is 7.05 Å². The second kappa shape index (κ2) is 11.6. The SMILES string of the molecule is CCOC(=O)[C@H](C)NP(=S)(OC[C@@]1(F)O[C@@H](n2cnc3c(NC)nc(C)nc32)[C@](C)(F)[C@@H]1O)Oc1ccccc1. The number of aliphatic hydroxyl groups is 1. The van der Waals surface area contributed by atoms with Crippen LogP contribution in [0.4, 0.5) is 14.6 Å². The molecule has 218 valence electrons. The van der Waals surface area contributed by atoms with Crippen molar-refractivity contribution >= 4 is 41.4 Å². The average molecular weight is 601 g/mol. The molecular formula is C24H31F2N6O6PS. The van der Waals surface area contributed by atoms with Crippen molar-refractivity contribution in [3.05, 3.63) is 42.5 Å². The molecular weight excluding hydrogens is 569 g/mol. The van der Waals surface area contributed by atoms with E-state index in [0.717, 1.165) is 6.92 Å². The van der Waals surface area contributed by atoms with Crippen LogP contribution in [0.5, 0.6) is 5.75 Å². The van der Waals surface area contributed by atoms with Crippen molar-refractivity contribution in [1.29, 1.82) is 0 Å². The number of nitrogens with one attached hydrogen (secondary N) is 2. The topological polar surface area (TPSA) is 142 Å². The van der Waals surface area contributed by atoms with Gasteiger partial charge in [-0.1, -0.05) is 18.2 Å². The fourth-order valence-electron chi connectivity index (χ4n) is 4.17. The highest BCUT2D eigenvalue weighted by Crippen LogP contribution is 2.52. The van der Waals surface area contributed by atoms with Crippen LogP contribution in [0.1, 0.15) is 32.8 Å². The Hall–Kier alpha value is -2.81. The highest BCUT2D eigenvalue weighted by Gasteiger charge is 2.65. The van der Waals surface area contributed by atoms with E-state index in [0.29, 0.717) is 17.2 Å². The van der Waals surface area contributed by atoms with Gasteiger partial charge in [-0.2, -0.15) is 0 Å². The minimum atomic E-state index is -3.69. The van der Waals surface area contributed by atoms with Crippen LogP contribution >= 0.6 is 6.64 Å². The maximum absolute atomic E-state index is 16.2. The molecule has 4 rings (SSSR count). The zero-order valence-corrected chi connectivity index (χ0v) is 24.2. The van der Waals surface area contributed by atoms with E-state index in [1.54, 1.807) is 51.2 Å². The Morgan fingerprint density at radius 3 is 2.67 bits per heavy atom. The second-order valence-electron chi connectivity index (χ2n) is 9.28. The van der Waals surface area contributed by atoms with Gasteiger partial charge in [0.15, 0.2) is 35.0 Å². The molecule has 0 saturated carbocycles. The number of imidazole rings is 1. The fraction of sp³-hybridized carbons (Fsp3) is 0.500. The van der Waals surface area contributed by atoms with Crippen LogP contribution in [-0.4, -0.2) is 74.5 Å². The predicted octanol–water partition coefficient (Wildman–Crippen LogP) is 3.32. The first kappa shape index (κ1) is 30.2. The van der Waals surface area contributed by atoms with Crippen LogP contribution < -0.4 is 14.9 Å². The largest absolute Gasteiger partial charge is 0.465 e. The van der Waals surface area contributed by atoms with Crippen LogP contribution in [0.25, 0.3) is 11.2 Å². The first-order valence-corrected chi connectivity index (χ1v) is 15.0.